The SMILES string of the molecule is N#CCCN(C(=O)CCC(=O)NCC1(N2CCOCC2)CCSC1)c1ccccc1. The molecule has 2 aliphatic rings. The predicted octanol–water partition coefficient (Wildman–Crippen LogP) is 2.04. The summed E-state index contributed by atoms with van der Waals surface area (Å²) in [5.41, 5.74) is 0.754. The van der Waals surface area contributed by atoms with Crippen molar-refractivity contribution in [2.45, 2.75) is 31.2 Å². The second-order valence-electron chi connectivity index (χ2n) is 7.69. The molecule has 1 aromatic rings. The molecule has 3 rings (SSSR count). The number of para-hydroxylation sites is 1. The first-order chi connectivity index (χ1) is 14.6. The minimum absolute atomic E-state index is 0.00299. The lowest BCUT2D eigenvalue weighted by Gasteiger charge is -2.43. The van der Waals surface area contributed by atoms with E-state index >= 15 is 0 Å². The van der Waals surface area contributed by atoms with Gasteiger partial charge in [0.1, 0.15) is 0 Å². The molecule has 0 spiro atoms. The van der Waals surface area contributed by atoms with Crippen LogP contribution in [0.5, 0.6) is 0 Å². The number of nitrogens with one attached hydrogen (secondary N) is 1. The fourth-order valence-electron chi connectivity index (χ4n) is 4.01. The maximum Gasteiger partial charge on any atom is 0.227 e. The van der Waals surface area contributed by atoms with E-state index in [1.54, 1.807) is 4.90 Å². The van der Waals surface area contributed by atoms with Crippen molar-refractivity contribution >= 4 is 29.3 Å². The Hall–Kier alpha value is -2.08. The third-order valence-electron chi connectivity index (χ3n) is 5.76. The monoisotopic (exact) mass is 430 g/mol. The highest BCUT2D eigenvalue weighted by atomic mass is 32.2. The van der Waals surface area contributed by atoms with Crippen LogP contribution in [0.4, 0.5) is 5.69 Å². The summed E-state index contributed by atoms with van der Waals surface area (Å²) in [6, 6.07) is 11.4. The van der Waals surface area contributed by atoms with E-state index in [1.807, 2.05) is 42.1 Å². The molecule has 1 N–H and O–H groups in total. The van der Waals surface area contributed by atoms with Gasteiger partial charge in [0.15, 0.2) is 0 Å². The highest BCUT2D eigenvalue weighted by Crippen LogP contribution is 2.33. The van der Waals surface area contributed by atoms with Gasteiger partial charge in [0.05, 0.1) is 25.7 Å². The van der Waals surface area contributed by atoms with Crippen molar-refractivity contribution in [3.05, 3.63) is 30.3 Å². The van der Waals surface area contributed by atoms with Crippen LogP contribution < -0.4 is 10.2 Å². The molecule has 1 aromatic carbocycles. The van der Waals surface area contributed by atoms with E-state index in [1.165, 1.54) is 0 Å². The topological polar surface area (TPSA) is 85.7 Å². The Morgan fingerprint density at radius 2 is 2.00 bits per heavy atom. The number of nitriles is 1. The van der Waals surface area contributed by atoms with E-state index in [0.29, 0.717) is 13.1 Å². The van der Waals surface area contributed by atoms with Gasteiger partial charge in [-0.05, 0) is 24.3 Å². The van der Waals surface area contributed by atoms with Crippen molar-refractivity contribution in [1.82, 2.24) is 10.2 Å². The molecule has 0 bridgehead atoms. The Balaban J connectivity index is 1.51. The van der Waals surface area contributed by atoms with E-state index in [9.17, 15) is 9.59 Å². The number of ether oxygens (including phenoxy) is 1. The van der Waals surface area contributed by atoms with Crippen molar-refractivity contribution in [2.24, 2.45) is 0 Å². The van der Waals surface area contributed by atoms with E-state index in [4.69, 9.17) is 10.00 Å². The van der Waals surface area contributed by atoms with Gasteiger partial charge in [0, 0.05) is 56.0 Å². The molecule has 0 saturated carbocycles. The van der Waals surface area contributed by atoms with Gasteiger partial charge in [-0.25, -0.2) is 0 Å². The van der Waals surface area contributed by atoms with E-state index in [0.717, 1.165) is 49.9 Å². The first-order valence-electron chi connectivity index (χ1n) is 10.5. The van der Waals surface area contributed by atoms with E-state index in [2.05, 4.69) is 16.3 Å². The Labute approximate surface area is 182 Å². The first-order valence-corrected chi connectivity index (χ1v) is 11.7. The summed E-state index contributed by atoms with van der Waals surface area (Å²) in [4.78, 5) is 29.3. The third kappa shape index (κ3) is 5.97. The summed E-state index contributed by atoms with van der Waals surface area (Å²) in [6.07, 6.45) is 1.60. The number of morpholine rings is 1. The Morgan fingerprint density at radius 1 is 1.23 bits per heavy atom. The van der Waals surface area contributed by atoms with Gasteiger partial charge in [-0.15, -0.1) is 0 Å². The molecule has 2 heterocycles. The van der Waals surface area contributed by atoms with Crippen molar-refractivity contribution in [1.29, 1.82) is 5.26 Å². The fourth-order valence-corrected chi connectivity index (χ4v) is 5.49. The van der Waals surface area contributed by atoms with Crippen LogP contribution in [-0.2, 0) is 14.3 Å². The largest absolute Gasteiger partial charge is 0.379 e. The minimum Gasteiger partial charge on any atom is -0.379 e. The molecule has 30 heavy (non-hydrogen) atoms. The average molecular weight is 431 g/mol. The van der Waals surface area contributed by atoms with Crippen molar-refractivity contribution in [3.63, 3.8) is 0 Å². The van der Waals surface area contributed by atoms with Crippen molar-refractivity contribution in [3.8, 4) is 6.07 Å². The number of benzene rings is 1. The molecule has 2 saturated heterocycles. The predicted molar refractivity (Wildman–Crippen MR) is 118 cm³/mol. The minimum atomic E-state index is -0.133. The van der Waals surface area contributed by atoms with Gasteiger partial charge >= 0.3 is 0 Å². The van der Waals surface area contributed by atoms with Crippen molar-refractivity contribution < 1.29 is 14.3 Å². The van der Waals surface area contributed by atoms with Gasteiger partial charge < -0.3 is 15.0 Å². The Kier molecular flexibility index (Phi) is 8.55. The highest BCUT2D eigenvalue weighted by Gasteiger charge is 2.40. The smallest absolute Gasteiger partial charge is 0.227 e. The zero-order chi connectivity index (χ0) is 21.2. The second-order valence-corrected chi connectivity index (χ2v) is 8.80. The van der Waals surface area contributed by atoms with Gasteiger partial charge in [-0.3, -0.25) is 14.5 Å². The zero-order valence-electron chi connectivity index (χ0n) is 17.3. The van der Waals surface area contributed by atoms with Gasteiger partial charge in [0.25, 0.3) is 0 Å². The van der Waals surface area contributed by atoms with E-state index < -0.39 is 0 Å². The molecule has 2 fully saturated rings. The van der Waals surface area contributed by atoms with Gasteiger partial charge in [-0.1, -0.05) is 18.2 Å². The Morgan fingerprint density at radius 3 is 2.67 bits per heavy atom. The number of anilines is 1. The number of carbonyl (C=O) groups is 2. The first kappa shape index (κ1) is 22.6. The van der Waals surface area contributed by atoms with Crippen LogP contribution in [0.2, 0.25) is 0 Å². The molecule has 0 radical (unpaired) electrons. The molecule has 8 heteroatoms. The lowest BCUT2D eigenvalue weighted by atomic mass is 9.95. The number of rotatable bonds is 9. The molecule has 1 unspecified atom stereocenters. The van der Waals surface area contributed by atoms with Crippen LogP contribution >= 0.6 is 11.8 Å². The molecule has 1 atom stereocenters. The van der Waals surface area contributed by atoms with Crippen molar-refractivity contribution in [2.75, 3.05) is 55.8 Å². The normalized spacial score (nSPS) is 21.7. The van der Waals surface area contributed by atoms with Crippen LogP contribution in [0.3, 0.4) is 0 Å². The molecular weight excluding hydrogens is 400 g/mol. The molecule has 0 aromatic heterocycles. The van der Waals surface area contributed by atoms with Crippen LogP contribution in [-0.4, -0.2) is 73.2 Å². The van der Waals surface area contributed by atoms with Gasteiger partial charge in [0.2, 0.25) is 11.8 Å². The average Bonchev–Trinajstić information content (AvgIpc) is 3.28. The quantitative estimate of drug-likeness (QED) is 0.645. The lowest BCUT2D eigenvalue weighted by Crippen LogP contribution is -2.59. The summed E-state index contributed by atoms with van der Waals surface area (Å²) in [5, 5.41) is 12.0. The standard InChI is InChI=1S/C22H30N4O3S/c23-10-4-11-26(19-5-2-1-3-6-19)21(28)8-7-20(27)24-17-22(9-16-30-18-22)25-12-14-29-15-13-25/h1-3,5-6H,4,7-9,11-18H2,(H,24,27). The molecule has 162 valence electrons. The molecule has 0 aliphatic carbocycles. The molecular formula is C22H30N4O3S. The number of thioether (sulfide) groups is 1. The van der Waals surface area contributed by atoms with Gasteiger partial charge in [-0.2, -0.15) is 17.0 Å². The van der Waals surface area contributed by atoms with Crippen LogP contribution in [0.25, 0.3) is 0 Å². The number of hydrogen-bond donors (Lipinski definition) is 1. The van der Waals surface area contributed by atoms with Crippen LogP contribution in [0.1, 0.15) is 25.7 Å². The summed E-state index contributed by atoms with van der Waals surface area (Å²) in [6.45, 7) is 4.24. The number of carbonyl (C=O) groups excluding carboxylic acids is 2. The molecule has 7 nitrogen and oxygen atoms in total. The number of hydrogen-bond acceptors (Lipinski definition) is 6. The fraction of sp³-hybridized carbons (Fsp3) is 0.591. The summed E-state index contributed by atoms with van der Waals surface area (Å²) >= 11 is 1.93. The third-order valence-corrected chi connectivity index (χ3v) is 7.00. The molecule has 2 aliphatic heterocycles. The highest BCUT2D eigenvalue weighted by molar-refractivity contribution is 7.99. The number of amides is 2. The van der Waals surface area contributed by atoms with E-state index in [-0.39, 0.29) is 36.6 Å². The van der Waals surface area contributed by atoms with Crippen LogP contribution in [0, 0.1) is 11.3 Å². The Bertz CT molecular complexity index is 740. The second kappa shape index (κ2) is 11.3. The maximum absolute atomic E-state index is 12.7. The molecule has 2 amide bonds. The van der Waals surface area contributed by atoms with Crippen LogP contribution in [0.15, 0.2) is 30.3 Å². The summed E-state index contributed by atoms with van der Waals surface area (Å²) in [7, 11) is 0. The number of nitrogens with zero attached hydrogens (tertiary/aromatic N) is 3. The maximum atomic E-state index is 12.7. The lowest BCUT2D eigenvalue weighted by molar-refractivity contribution is -0.125. The zero-order valence-corrected chi connectivity index (χ0v) is 18.2. The summed E-state index contributed by atoms with van der Waals surface area (Å²) in [5.74, 6) is 1.89. The summed E-state index contributed by atoms with van der Waals surface area (Å²) < 4.78 is 5.48.